The van der Waals surface area contributed by atoms with Crippen molar-refractivity contribution < 1.29 is 23.1 Å². The van der Waals surface area contributed by atoms with E-state index in [0.717, 1.165) is 24.0 Å². The van der Waals surface area contributed by atoms with Crippen LogP contribution in [0.5, 0.6) is 0 Å². The largest absolute Gasteiger partial charge is 0.478 e. The minimum atomic E-state index is -4.57. The number of alkyl halides is 3. The minimum absolute atomic E-state index is 0.0387. The lowest BCUT2D eigenvalue weighted by atomic mass is 10.2. The molecule has 110 valence electrons. The molecule has 0 aliphatic carbocycles. The van der Waals surface area contributed by atoms with Crippen molar-refractivity contribution in [3.05, 3.63) is 46.7 Å². The van der Waals surface area contributed by atoms with Gasteiger partial charge in [0.1, 0.15) is 5.69 Å². The molecule has 1 heterocycles. The Kier molecular flexibility index (Phi) is 4.38. The topological polar surface area (TPSA) is 63.1 Å². The van der Waals surface area contributed by atoms with Crippen molar-refractivity contribution in [2.75, 3.05) is 0 Å². The Bertz CT molecular complexity index is 694. The van der Waals surface area contributed by atoms with E-state index in [1.807, 2.05) is 0 Å². The van der Waals surface area contributed by atoms with E-state index in [2.05, 4.69) is 9.97 Å². The molecule has 2 aromatic rings. The number of carboxylic acid groups (broad SMARTS) is 1. The van der Waals surface area contributed by atoms with E-state index >= 15 is 0 Å². The van der Waals surface area contributed by atoms with Crippen LogP contribution in [0.4, 0.5) is 13.2 Å². The number of nitrogens with zero attached hydrogens (tertiary/aromatic N) is 2. The first-order chi connectivity index (χ1) is 9.77. The van der Waals surface area contributed by atoms with Gasteiger partial charge in [0, 0.05) is 11.1 Å². The molecular weight excluding hydrogens is 329 g/mol. The second-order valence-corrected chi connectivity index (χ2v) is 5.22. The van der Waals surface area contributed by atoms with Crippen molar-refractivity contribution in [2.45, 2.75) is 16.2 Å². The minimum Gasteiger partial charge on any atom is -0.478 e. The lowest BCUT2D eigenvalue weighted by Crippen LogP contribution is -2.08. The van der Waals surface area contributed by atoms with Gasteiger partial charge < -0.3 is 5.11 Å². The molecule has 1 aromatic carbocycles. The Hall–Kier alpha value is -1.80. The quantitative estimate of drug-likeness (QED) is 0.860. The second kappa shape index (κ2) is 5.90. The monoisotopic (exact) mass is 334 g/mol. The number of benzene rings is 1. The highest BCUT2D eigenvalue weighted by molar-refractivity contribution is 7.99. The smallest absolute Gasteiger partial charge is 0.433 e. The average Bonchev–Trinajstić information content (AvgIpc) is 2.40. The maximum Gasteiger partial charge on any atom is 0.433 e. The third-order valence-electron chi connectivity index (χ3n) is 2.30. The van der Waals surface area contributed by atoms with Crippen LogP contribution in [-0.4, -0.2) is 21.0 Å². The molecule has 0 atom stereocenters. The van der Waals surface area contributed by atoms with Crippen LogP contribution in [0.15, 0.2) is 40.5 Å². The Morgan fingerprint density at radius 1 is 1.29 bits per heavy atom. The van der Waals surface area contributed by atoms with Crippen LogP contribution in [0, 0.1) is 0 Å². The molecule has 0 fully saturated rings. The molecule has 9 heteroatoms. The highest BCUT2D eigenvalue weighted by atomic mass is 35.5. The van der Waals surface area contributed by atoms with E-state index in [1.54, 1.807) is 0 Å². The van der Waals surface area contributed by atoms with Gasteiger partial charge in [0.2, 0.25) is 0 Å². The SMILES string of the molecule is O=C(O)c1cc(Sc2nccc(C(F)(F)F)n2)ccc1Cl. The lowest BCUT2D eigenvalue weighted by molar-refractivity contribution is -0.141. The molecule has 0 saturated carbocycles. The Morgan fingerprint density at radius 2 is 2.00 bits per heavy atom. The highest BCUT2D eigenvalue weighted by Crippen LogP contribution is 2.31. The first-order valence-corrected chi connectivity index (χ1v) is 6.58. The summed E-state index contributed by atoms with van der Waals surface area (Å²) in [6.45, 7) is 0. The van der Waals surface area contributed by atoms with Crippen molar-refractivity contribution in [3.8, 4) is 0 Å². The molecule has 0 aliphatic rings. The standard InChI is InChI=1S/C12H6ClF3N2O2S/c13-8-2-1-6(5-7(8)10(19)20)21-11-17-4-3-9(18-11)12(14,15)16/h1-5H,(H,19,20). The molecule has 4 nitrogen and oxygen atoms in total. The van der Waals surface area contributed by atoms with E-state index in [9.17, 15) is 18.0 Å². The lowest BCUT2D eigenvalue weighted by Gasteiger charge is -2.07. The van der Waals surface area contributed by atoms with Gasteiger partial charge in [-0.1, -0.05) is 11.6 Å². The number of halogens is 4. The number of hydrogen-bond donors (Lipinski definition) is 1. The van der Waals surface area contributed by atoms with Crippen LogP contribution < -0.4 is 0 Å². The van der Waals surface area contributed by atoms with Gasteiger partial charge in [0.15, 0.2) is 5.16 Å². The molecule has 0 spiro atoms. The summed E-state index contributed by atoms with van der Waals surface area (Å²) in [4.78, 5) is 18.4. The summed E-state index contributed by atoms with van der Waals surface area (Å²) in [7, 11) is 0. The van der Waals surface area contributed by atoms with Gasteiger partial charge in [-0.3, -0.25) is 0 Å². The summed E-state index contributed by atoms with van der Waals surface area (Å²) in [6, 6.07) is 4.83. The summed E-state index contributed by atoms with van der Waals surface area (Å²) in [5.74, 6) is -1.23. The van der Waals surface area contributed by atoms with E-state index in [1.165, 1.54) is 18.2 Å². The fraction of sp³-hybridized carbons (Fsp3) is 0.0833. The van der Waals surface area contributed by atoms with Gasteiger partial charge in [-0.05, 0) is 36.0 Å². The van der Waals surface area contributed by atoms with Crippen molar-refractivity contribution >= 4 is 29.3 Å². The highest BCUT2D eigenvalue weighted by Gasteiger charge is 2.32. The summed E-state index contributed by atoms with van der Waals surface area (Å²) in [5.41, 5.74) is -1.21. The maximum absolute atomic E-state index is 12.5. The molecule has 0 amide bonds. The molecule has 1 N–H and O–H groups in total. The molecule has 0 saturated heterocycles. The third-order valence-corrected chi connectivity index (χ3v) is 3.50. The Balaban J connectivity index is 2.31. The number of hydrogen-bond acceptors (Lipinski definition) is 4. The van der Waals surface area contributed by atoms with Gasteiger partial charge >= 0.3 is 12.1 Å². The van der Waals surface area contributed by atoms with Crippen LogP contribution in [0.2, 0.25) is 5.02 Å². The van der Waals surface area contributed by atoms with Gasteiger partial charge in [-0.15, -0.1) is 0 Å². The van der Waals surface area contributed by atoms with Crippen molar-refractivity contribution in [1.82, 2.24) is 9.97 Å². The predicted octanol–water partition coefficient (Wildman–Crippen LogP) is 4.00. The van der Waals surface area contributed by atoms with Gasteiger partial charge in [0.25, 0.3) is 0 Å². The molecule has 2 rings (SSSR count). The Labute approximate surface area is 126 Å². The molecular formula is C12H6ClF3N2O2S. The summed E-state index contributed by atoms with van der Waals surface area (Å²) in [6.07, 6.45) is -3.57. The summed E-state index contributed by atoms with van der Waals surface area (Å²) >= 11 is 6.52. The first kappa shape index (κ1) is 15.6. The van der Waals surface area contributed by atoms with Crippen LogP contribution in [0.3, 0.4) is 0 Å². The van der Waals surface area contributed by atoms with Crippen molar-refractivity contribution in [1.29, 1.82) is 0 Å². The number of carboxylic acids is 1. The van der Waals surface area contributed by atoms with Crippen LogP contribution in [0.25, 0.3) is 0 Å². The number of rotatable bonds is 3. The molecule has 21 heavy (non-hydrogen) atoms. The van der Waals surface area contributed by atoms with Gasteiger partial charge in [-0.25, -0.2) is 14.8 Å². The van der Waals surface area contributed by atoms with Gasteiger partial charge in [0.05, 0.1) is 10.6 Å². The van der Waals surface area contributed by atoms with E-state index in [0.29, 0.717) is 4.90 Å². The van der Waals surface area contributed by atoms with Crippen LogP contribution >= 0.6 is 23.4 Å². The van der Waals surface area contributed by atoms with Gasteiger partial charge in [-0.2, -0.15) is 13.2 Å². The fourth-order valence-corrected chi connectivity index (χ4v) is 2.36. The normalized spacial score (nSPS) is 11.4. The zero-order valence-corrected chi connectivity index (χ0v) is 11.6. The molecule has 0 radical (unpaired) electrons. The van der Waals surface area contributed by atoms with E-state index in [-0.39, 0.29) is 15.7 Å². The predicted molar refractivity (Wildman–Crippen MR) is 69.6 cm³/mol. The van der Waals surface area contributed by atoms with E-state index in [4.69, 9.17) is 16.7 Å². The summed E-state index contributed by atoms with van der Waals surface area (Å²) < 4.78 is 37.6. The zero-order valence-electron chi connectivity index (χ0n) is 10.1. The first-order valence-electron chi connectivity index (χ1n) is 5.38. The fourth-order valence-electron chi connectivity index (χ4n) is 1.39. The van der Waals surface area contributed by atoms with Crippen LogP contribution in [0.1, 0.15) is 16.1 Å². The summed E-state index contributed by atoms with van der Waals surface area (Å²) in [5, 5.41) is 8.84. The zero-order chi connectivity index (χ0) is 15.6. The molecule has 1 aromatic heterocycles. The Morgan fingerprint density at radius 3 is 2.62 bits per heavy atom. The molecule has 0 bridgehead atoms. The second-order valence-electron chi connectivity index (χ2n) is 3.77. The number of aromatic nitrogens is 2. The number of carbonyl (C=O) groups is 1. The van der Waals surface area contributed by atoms with Crippen molar-refractivity contribution in [2.24, 2.45) is 0 Å². The third kappa shape index (κ3) is 3.85. The van der Waals surface area contributed by atoms with Crippen LogP contribution in [-0.2, 0) is 6.18 Å². The molecule has 0 unspecified atom stereocenters. The maximum atomic E-state index is 12.5. The number of aromatic carboxylic acids is 1. The van der Waals surface area contributed by atoms with Crippen molar-refractivity contribution in [3.63, 3.8) is 0 Å². The molecule has 0 aliphatic heterocycles. The average molecular weight is 335 g/mol. The van der Waals surface area contributed by atoms with E-state index < -0.39 is 17.8 Å².